The lowest BCUT2D eigenvalue weighted by molar-refractivity contribution is -0.125. The van der Waals surface area contributed by atoms with Crippen LogP contribution in [0.1, 0.15) is 0 Å². The first-order valence-corrected chi connectivity index (χ1v) is 6.31. The molecule has 19 heavy (non-hydrogen) atoms. The monoisotopic (exact) mass is 265 g/mol. The van der Waals surface area contributed by atoms with Crippen molar-refractivity contribution < 1.29 is 14.6 Å². The van der Waals surface area contributed by atoms with Crippen LogP contribution in [0.4, 0.5) is 11.4 Å². The van der Waals surface area contributed by atoms with Gasteiger partial charge in [-0.05, 0) is 24.3 Å². The van der Waals surface area contributed by atoms with Gasteiger partial charge in [-0.2, -0.15) is 0 Å². The van der Waals surface area contributed by atoms with Crippen LogP contribution in [0.25, 0.3) is 0 Å². The van der Waals surface area contributed by atoms with Crippen molar-refractivity contribution in [2.45, 2.75) is 6.10 Å². The van der Waals surface area contributed by atoms with E-state index < -0.39 is 6.10 Å². The van der Waals surface area contributed by atoms with Gasteiger partial charge in [0.05, 0.1) is 12.7 Å². The van der Waals surface area contributed by atoms with Crippen LogP contribution in [0.2, 0.25) is 0 Å². The molecule has 0 unspecified atom stereocenters. The van der Waals surface area contributed by atoms with Crippen molar-refractivity contribution in [3.8, 4) is 0 Å². The quantitative estimate of drug-likeness (QED) is 0.685. The molecule has 0 saturated carbocycles. The molecule has 1 aliphatic rings. The van der Waals surface area contributed by atoms with E-state index >= 15 is 0 Å². The largest absolute Gasteiger partial charge is 0.390 e. The second-order valence-electron chi connectivity index (χ2n) is 4.42. The average molecular weight is 265 g/mol. The lowest BCUT2D eigenvalue weighted by Crippen LogP contribution is -2.41. The molecular formula is C13H19N3O3. The van der Waals surface area contributed by atoms with Crippen LogP contribution in [0.5, 0.6) is 0 Å². The third-order valence-corrected chi connectivity index (χ3v) is 2.98. The van der Waals surface area contributed by atoms with Crippen LogP contribution in [0, 0.1) is 0 Å². The van der Waals surface area contributed by atoms with E-state index in [2.05, 4.69) is 5.32 Å². The number of amides is 1. The molecule has 0 aliphatic carbocycles. The number of ether oxygens (including phenoxy) is 1. The number of nitrogens with one attached hydrogen (secondary N) is 1. The topological polar surface area (TPSA) is 87.8 Å². The molecule has 4 N–H and O–H groups in total. The molecule has 0 aromatic heterocycles. The van der Waals surface area contributed by atoms with E-state index in [0.29, 0.717) is 19.7 Å². The van der Waals surface area contributed by atoms with E-state index in [-0.39, 0.29) is 19.1 Å². The van der Waals surface area contributed by atoms with Crippen molar-refractivity contribution in [1.29, 1.82) is 0 Å². The summed E-state index contributed by atoms with van der Waals surface area (Å²) in [7, 11) is 0. The molecule has 0 spiro atoms. The minimum absolute atomic E-state index is 0.0227. The van der Waals surface area contributed by atoms with Crippen LogP contribution in [0.3, 0.4) is 0 Å². The first-order chi connectivity index (χ1) is 9.20. The normalized spacial score (nSPS) is 17.4. The van der Waals surface area contributed by atoms with Gasteiger partial charge in [-0.3, -0.25) is 4.79 Å². The molecule has 0 radical (unpaired) electrons. The zero-order chi connectivity index (χ0) is 13.7. The van der Waals surface area contributed by atoms with Gasteiger partial charge in [0.2, 0.25) is 0 Å². The maximum atomic E-state index is 11.7. The molecule has 1 aromatic rings. The molecule has 104 valence electrons. The molecule has 1 aliphatic heterocycles. The summed E-state index contributed by atoms with van der Waals surface area (Å²) < 4.78 is 5.09. The summed E-state index contributed by atoms with van der Waals surface area (Å²) in [6.07, 6.45) is -0.555. The maximum Gasteiger partial charge on any atom is 0.253 e. The first kappa shape index (κ1) is 13.8. The third kappa shape index (κ3) is 3.66. The van der Waals surface area contributed by atoms with Crippen LogP contribution >= 0.6 is 0 Å². The highest BCUT2D eigenvalue weighted by molar-refractivity contribution is 5.94. The number of carbonyl (C=O) groups excluding carboxylic acids is 1. The van der Waals surface area contributed by atoms with Crippen molar-refractivity contribution in [1.82, 2.24) is 0 Å². The minimum atomic E-state index is -0.555. The van der Waals surface area contributed by atoms with Gasteiger partial charge < -0.3 is 25.8 Å². The lowest BCUT2D eigenvalue weighted by Gasteiger charge is -2.27. The van der Waals surface area contributed by atoms with Gasteiger partial charge in [-0.1, -0.05) is 0 Å². The van der Waals surface area contributed by atoms with E-state index in [9.17, 15) is 9.90 Å². The number of benzene rings is 1. The molecule has 1 fully saturated rings. The number of hydrogen-bond donors (Lipinski definition) is 3. The summed E-state index contributed by atoms with van der Waals surface area (Å²) >= 11 is 0. The summed E-state index contributed by atoms with van der Waals surface area (Å²) in [5.41, 5.74) is 7.07. The fourth-order valence-corrected chi connectivity index (χ4v) is 1.87. The Bertz CT molecular complexity index is 422. The van der Waals surface area contributed by atoms with Crippen molar-refractivity contribution in [2.24, 2.45) is 5.73 Å². The predicted molar refractivity (Wildman–Crippen MR) is 73.2 cm³/mol. The number of aliphatic hydroxyl groups excluding tert-OH is 1. The second-order valence-corrected chi connectivity index (χ2v) is 4.42. The number of nitrogens with two attached hydrogens (primary N) is 1. The van der Waals surface area contributed by atoms with Crippen molar-refractivity contribution in [3.05, 3.63) is 24.3 Å². The average Bonchev–Trinajstić information content (AvgIpc) is 2.46. The highest BCUT2D eigenvalue weighted by atomic mass is 16.5. The SMILES string of the molecule is NC[C@@H](O)CNc1ccc(N2CCOCC2=O)cc1. The Labute approximate surface area is 112 Å². The molecule has 2 rings (SSSR count). The Balaban J connectivity index is 1.95. The van der Waals surface area contributed by atoms with Crippen LogP contribution in [-0.4, -0.2) is 50.0 Å². The lowest BCUT2D eigenvalue weighted by atomic mass is 10.2. The van der Waals surface area contributed by atoms with E-state index in [1.165, 1.54) is 0 Å². The standard InChI is InChI=1S/C13H19N3O3/c14-7-12(17)8-15-10-1-3-11(4-2-10)16-5-6-19-9-13(16)18/h1-4,12,15,17H,5-9,14H2/t12-/m1/s1. The van der Waals surface area contributed by atoms with Gasteiger partial charge in [0, 0.05) is 31.0 Å². The van der Waals surface area contributed by atoms with Crippen molar-refractivity contribution >= 4 is 17.3 Å². The summed E-state index contributed by atoms with van der Waals surface area (Å²) in [5, 5.41) is 12.4. The zero-order valence-electron chi connectivity index (χ0n) is 10.7. The summed E-state index contributed by atoms with van der Waals surface area (Å²) in [6.45, 7) is 1.92. The summed E-state index contributed by atoms with van der Waals surface area (Å²) in [4.78, 5) is 13.4. The molecule has 6 nitrogen and oxygen atoms in total. The fourth-order valence-electron chi connectivity index (χ4n) is 1.87. The molecule has 1 atom stereocenters. The Hall–Kier alpha value is -1.63. The molecule has 1 aromatic carbocycles. The van der Waals surface area contributed by atoms with Gasteiger partial charge >= 0.3 is 0 Å². The van der Waals surface area contributed by atoms with E-state index in [4.69, 9.17) is 10.5 Å². The number of nitrogens with zero attached hydrogens (tertiary/aromatic N) is 1. The van der Waals surface area contributed by atoms with Gasteiger partial charge in [0.25, 0.3) is 5.91 Å². The van der Waals surface area contributed by atoms with Crippen LogP contribution in [0.15, 0.2) is 24.3 Å². The predicted octanol–water partition coefficient (Wildman–Crippen LogP) is -0.219. The number of morpholine rings is 1. The van der Waals surface area contributed by atoms with Gasteiger partial charge in [0.15, 0.2) is 0 Å². The molecule has 1 heterocycles. The molecule has 1 saturated heterocycles. The van der Waals surface area contributed by atoms with E-state index in [1.807, 2.05) is 24.3 Å². The van der Waals surface area contributed by atoms with Crippen molar-refractivity contribution in [2.75, 3.05) is 43.1 Å². The Morgan fingerprint density at radius 1 is 1.42 bits per heavy atom. The highest BCUT2D eigenvalue weighted by Crippen LogP contribution is 2.19. The number of hydrogen-bond acceptors (Lipinski definition) is 5. The van der Waals surface area contributed by atoms with Crippen LogP contribution < -0.4 is 16.0 Å². The van der Waals surface area contributed by atoms with E-state index in [1.54, 1.807) is 4.90 Å². The number of carbonyl (C=O) groups is 1. The Kier molecular flexibility index (Phi) is 4.73. The number of anilines is 2. The summed E-state index contributed by atoms with van der Waals surface area (Å²) in [6, 6.07) is 7.50. The molecule has 0 bridgehead atoms. The van der Waals surface area contributed by atoms with Gasteiger partial charge in [-0.25, -0.2) is 0 Å². The molecule has 6 heteroatoms. The zero-order valence-corrected chi connectivity index (χ0v) is 10.7. The Morgan fingerprint density at radius 3 is 2.79 bits per heavy atom. The second kappa shape index (κ2) is 6.51. The fraction of sp³-hybridized carbons (Fsp3) is 0.462. The smallest absolute Gasteiger partial charge is 0.253 e. The van der Waals surface area contributed by atoms with Gasteiger partial charge in [-0.15, -0.1) is 0 Å². The maximum absolute atomic E-state index is 11.7. The molecule has 1 amide bonds. The Morgan fingerprint density at radius 2 is 2.16 bits per heavy atom. The van der Waals surface area contributed by atoms with Crippen LogP contribution in [-0.2, 0) is 9.53 Å². The highest BCUT2D eigenvalue weighted by Gasteiger charge is 2.19. The minimum Gasteiger partial charge on any atom is -0.390 e. The van der Waals surface area contributed by atoms with E-state index in [0.717, 1.165) is 11.4 Å². The van der Waals surface area contributed by atoms with Gasteiger partial charge in [0.1, 0.15) is 6.61 Å². The number of aliphatic hydroxyl groups is 1. The summed E-state index contributed by atoms with van der Waals surface area (Å²) in [5.74, 6) is -0.0227. The third-order valence-electron chi connectivity index (χ3n) is 2.98. The first-order valence-electron chi connectivity index (χ1n) is 6.31. The molecular weight excluding hydrogens is 246 g/mol. The number of rotatable bonds is 5. The van der Waals surface area contributed by atoms with Crippen molar-refractivity contribution in [3.63, 3.8) is 0 Å².